The summed E-state index contributed by atoms with van der Waals surface area (Å²) >= 11 is 9.68. The maximum Gasteiger partial charge on any atom is 0.313 e. The lowest BCUT2D eigenvalue weighted by Gasteiger charge is -2.26. The van der Waals surface area contributed by atoms with Gasteiger partial charge in [0.2, 0.25) is 5.75 Å². The molecule has 1 amide bonds. The number of carbonyl (C=O) groups excluding carboxylic acids is 1. The number of aromatic nitrogens is 2. The number of fused-ring (bicyclic) bond motifs is 1. The summed E-state index contributed by atoms with van der Waals surface area (Å²) in [5.41, 5.74) is -0.0104. The van der Waals surface area contributed by atoms with E-state index < -0.39 is 17.2 Å². The zero-order chi connectivity index (χ0) is 26.7. The molecule has 1 saturated heterocycles. The highest BCUT2D eigenvalue weighted by Crippen LogP contribution is 2.36. The van der Waals surface area contributed by atoms with Gasteiger partial charge in [-0.1, -0.05) is 41.4 Å². The number of amides is 1. The average molecular weight is 593 g/mol. The molecule has 0 N–H and O–H groups in total. The Bertz CT molecular complexity index is 1450. The van der Waals surface area contributed by atoms with E-state index in [1.54, 1.807) is 23.1 Å². The van der Waals surface area contributed by atoms with Gasteiger partial charge < -0.3 is 14.4 Å². The van der Waals surface area contributed by atoms with Crippen LogP contribution in [0.3, 0.4) is 0 Å². The maximum atomic E-state index is 13.2. The van der Waals surface area contributed by atoms with E-state index in [0.717, 1.165) is 4.47 Å². The van der Waals surface area contributed by atoms with Crippen LogP contribution < -0.4 is 10.3 Å². The first-order chi connectivity index (χ1) is 17.7. The Kier molecular flexibility index (Phi) is 8.20. The fraction of sp³-hybridized carbons (Fsp3) is 0.333. The van der Waals surface area contributed by atoms with E-state index in [2.05, 4.69) is 26.0 Å². The third-order valence-electron chi connectivity index (χ3n) is 5.62. The quantitative estimate of drug-likeness (QED) is 0.231. The highest BCUT2D eigenvalue weighted by Gasteiger charge is 2.24. The normalized spacial score (nSPS) is 14.0. The first-order valence-electron chi connectivity index (χ1n) is 11.4. The second-order valence-corrected chi connectivity index (χ2v) is 9.86. The molecule has 194 valence electrons. The summed E-state index contributed by atoms with van der Waals surface area (Å²) in [5.74, 6) is -0.244. The molecule has 13 heteroatoms. The molecule has 0 spiro atoms. The molecular weight excluding hydrogens is 570 g/mol. The molecule has 11 nitrogen and oxygen atoms in total. The minimum Gasteiger partial charge on any atom is -0.476 e. The van der Waals surface area contributed by atoms with Gasteiger partial charge in [-0.25, -0.2) is 4.98 Å². The zero-order valence-electron chi connectivity index (χ0n) is 20.0. The lowest BCUT2D eigenvalue weighted by Crippen LogP contribution is -2.43. The maximum absolute atomic E-state index is 13.2. The van der Waals surface area contributed by atoms with E-state index in [4.69, 9.17) is 21.1 Å². The number of benzene rings is 2. The molecule has 0 bridgehead atoms. The van der Waals surface area contributed by atoms with Gasteiger partial charge in [0.25, 0.3) is 11.5 Å². The monoisotopic (exact) mass is 591 g/mol. The topological polar surface area (TPSA) is 129 Å². The van der Waals surface area contributed by atoms with Crippen LogP contribution in [-0.2, 0) is 9.53 Å². The third kappa shape index (κ3) is 5.97. The first kappa shape index (κ1) is 26.7. The molecule has 0 saturated carbocycles. The smallest absolute Gasteiger partial charge is 0.313 e. The Morgan fingerprint density at radius 3 is 2.73 bits per heavy atom. The van der Waals surface area contributed by atoms with Crippen molar-refractivity contribution in [3.05, 3.63) is 71.7 Å². The number of hydrogen-bond acceptors (Lipinski definition) is 8. The Morgan fingerprint density at radius 1 is 1.32 bits per heavy atom. The predicted molar refractivity (Wildman–Crippen MR) is 142 cm³/mol. The molecule has 0 aliphatic carbocycles. The summed E-state index contributed by atoms with van der Waals surface area (Å²) in [7, 11) is 0. The van der Waals surface area contributed by atoms with Crippen molar-refractivity contribution in [1.29, 1.82) is 0 Å². The highest BCUT2D eigenvalue weighted by molar-refractivity contribution is 9.10. The van der Waals surface area contributed by atoms with Crippen LogP contribution in [0.5, 0.6) is 5.75 Å². The fourth-order valence-electron chi connectivity index (χ4n) is 3.77. The van der Waals surface area contributed by atoms with Crippen molar-refractivity contribution in [2.45, 2.75) is 19.8 Å². The number of halogens is 2. The number of nitro benzene ring substituents is 1. The van der Waals surface area contributed by atoms with E-state index in [9.17, 15) is 19.7 Å². The van der Waals surface area contributed by atoms with Gasteiger partial charge >= 0.3 is 5.69 Å². The van der Waals surface area contributed by atoms with Gasteiger partial charge in [0.05, 0.1) is 40.3 Å². The minimum atomic E-state index is -0.654. The van der Waals surface area contributed by atoms with Crippen LogP contribution in [-0.4, -0.2) is 64.5 Å². The molecule has 2 aromatic carbocycles. The summed E-state index contributed by atoms with van der Waals surface area (Å²) in [6, 6.07) is 7.83. The number of nitro groups is 1. The van der Waals surface area contributed by atoms with Crippen LogP contribution in [0.4, 0.5) is 5.69 Å². The number of rotatable bonds is 7. The standard InChI is InChI=1S/C24H23BrClN5O6/c1-14(2)23-28-19-4-3-16(25)11-17(19)24(33)30(23)27-12-15-9-18(26)22(20(10-15)31(34)35)37-13-21(32)29-5-7-36-8-6-29/h3-4,9-12,14H,5-8,13H2,1-2H3. The highest BCUT2D eigenvalue weighted by atomic mass is 79.9. The Balaban J connectivity index is 1.66. The number of hydrogen-bond donors (Lipinski definition) is 0. The van der Waals surface area contributed by atoms with E-state index >= 15 is 0 Å². The molecular formula is C24H23BrClN5O6. The van der Waals surface area contributed by atoms with E-state index in [1.807, 2.05) is 13.8 Å². The summed E-state index contributed by atoms with van der Waals surface area (Å²) < 4.78 is 12.6. The van der Waals surface area contributed by atoms with Crippen LogP contribution in [0.1, 0.15) is 31.2 Å². The number of morpholine rings is 1. The molecule has 3 aromatic rings. The lowest BCUT2D eigenvalue weighted by molar-refractivity contribution is -0.385. The molecule has 37 heavy (non-hydrogen) atoms. The summed E-state index contributed by atoms with van der Waals surface area (Å²) in [6.45, 7) is 5.05. The van der Waals surface area contributed by atoms with Crippen molar-refractivity contribution in [2.75, 3.05) is 32.9 Å². The molecule has 0 radical (unpaired) electrons. The molecule has 1 aromatic heterocycles. The Morgan fingerprint density at radius 2 is 2.05 bits per heavy atom. The van der Waals surface area contributed by atoms with Crippen molar-refractivity contribution in [3.63, 3.8) is 0 Å². The average Bonchev–Trinajstić information content (AvgIpc) is 2.87. The van der Waals surface area contributed by atoms with Gasteiger partial charge in [0.15, 0.2) is 6.61 Å². The molecule has 1 aliphatic rings. The lowest BCUT2D eigenvalue weighted by atomic mass is 10.2. The third-order valence-corrected chi connectivity index (χ3v) is 6.39. The molecule has 1 aliphatic heterocycles. The van der Waals surface area contributed by atoms with E-state index in [1.165, 1.54) is 23.0 Å². The van der Waals surface area contributed by atoms with Crippen molar-refractivity contribution in [3.8, 4) is 5.75 Å². The second kappa shape index (κ2) is 11.4. The van der Waals surface area contributed by atoms with Gasteiger partial charge in [0.1, 0.15) is 5.82 Å². The zero-order valence-corrected chi connectivity index (χ0v) is 22.4. The van der Waals surface area contributed by atoms with Gasteiger partial charge in [-0.2, -0.15) is 9.78 Å². The largest absolute Gasteiger partial charge is 0.476 e. The minimum absolute atomic E-state index is 0.0672. The SMILES string of the molecule is CC(C)c1nc2ccc(Br)cc2c(=O)n1N=Cc1cc(Cl)c(OCC(=O)N2CCOCC2)c([N+](=O)[O-])c1. The summed E-state index contributed by atoms with van der Waals surface area (Å²) in [4.78, 5) is 42.8. The van der Waals surface area contributed by atoms with Crippen LogP contribution in [0, 0.1) is 10.1 Å². The second-order valence-electron chi connectivity index (χ2n) is 8.54. The molecule has 4 rings (SSSR count). The van der Waals surface area contributed by atoms with Crippen molar-refractivity contribution in [1.82, 2.24) is 14.6 Å². The number of ether oxygens (including phenoxy) is 2. The van der Waals surface area contributed by atoms with E-state index in [0.29, 0.717) is 43.0 Å². The first-order valence-corrected chi connectivity index (χ1v) is 12.6. The van der Waals surface area contributed by atoms with Gasteiger partial charge in [-0.05, 0) is 24.3 Å². The molecule has 2 heterocycles. The fourth-order valence-corrected chi connectivity index (χ4v) is 4.40. The molecule has 0 atom stereocenters. The Labute approximate surface area is 224 Å². The summed E-state index contributed by atoms with van der Waals surface area (Å²) in [6.07, 6.45) is 1.29. The van der Waals surface area contributed by atoms with Crippen molar-refractivity contribution >= 4 is 56.2 Å². The Hall–Kier alpha value is -3.35. The van der Waals surface area contributed by atoms with Crippen molar-refractivity contribution < 1.29 is 19.2 Å². The van der Waals surface area contributed by atoms with Crippen LogP contribution >= 0.6 is 27.5 Å². The van der Waals surface area contributed by atoms with Crippen LogP contribution in [0.15, 0.2) is 44.7 Å². The van der Waals surface area contributed by atoms with Gasteiger partial charge in [0, 0.05) is 35.1 Å². The van der Waals surface area contributed by atoms with Gasteiger partial charge in [-0.3, -0.25) is 19.7 Å². The number of nitrogens with zero attached hydrogens (tertiary/aromatic N) is 5. The predicted octanol–water partition coefficient (Wildman–Crippen LogP) is 3.96. The summed E-state index contributed by atoms with van der Waals surface area (Å²) in [5, 5.41) is 16.4. The van der Waals surface area contributed by atoms with Crippen LogP contribution in [0.25, 0.3) is 10.9 Å². The molecule has 0 unspecified atom stereocenters. The van der Waals surface area contributed by atoms with Gasteiger partial charge in [-0.15, -0.1) is 0 Å². The molecule has 1 fully saturated rings. The van der Waals surface area contributed by atoms with Crippen LogP contribution in [0.2, 0.25) is 5.02 Å². The van der Waals surface area contributed by atoms with Crippen molar-refractivity contribution in [2.24, 2.45) is 5.10 Å². The number of carbonyl (C=O) groups is 1. The van der Waals surface area contributed by atoms with E-state index in [-0.39, 0.29) is 33.7 Å².